The maximum atomic E-state index is 10.1. The summed E-state index contributed by atoms with van der Waals surface area (Å²) in [6.07, 6.45) is 0.451. The van der Waals surface area contributed by atoms with Crippen LogP contribution in [0.1, 0.15) is 38.9 Å². The first-order valence-corrected chi connectivity index (χ1v) is 6.49. The van der Waals surface area contributed by atoms with E-state index in [-0.39, 0.29) is 6.10 Å². The fourth-order valence-corrected chi connectivity index (χ4v) is 2.16. The maximum absolute atomic E-state index is 10.1. The Hall–Kier alpha value is -1.54. The van der Waals surface area contributed by atoms with Crippen LogP contribution in [0, 0.1) is 0 Å². The summed E-state index contributed by atoms with van der Waals surface area (Å²) < 4.78 is 5.81. The molecule has 0 aliphatic rings. The summed E-state index contributed by atoms with van der Waals surface area (Å²) in [5, 5.41) is 12.2. The zero-order valence-corrected chi connectivity index (χ0v) is 11.2. The molecule has 0 aliphatic carbocycles. The molecule has 0 heterocycles. The van der Waals surface area contributed by atoms with Crippen molar-refractivity contribution in [2.45, 2.75) is 39.4 Å². The van der Waals surface area contributed by atoms with Crippen molar-refractivity contribution in [1.29, 1.82) is 0 Å². The van der Waals surface area contributed by atoms with E-state index in [4.69, 9.17) is 4.74 Å². The topological polar surface area (TPSA) is 29.5 Å². The summed E-state index contributed by atoms with van der Waals surface area (Å²) in [5.41, 5.74) is 0.976. The minimum atomic E-state index is -0.414. The highest BCUT2D eigenvalue weighted by molar-refractivity contribution is 5.91. The fourth-order valence-electron chi connectivity index (χ4n) is 2.16. The van der Waals surface area contributed by atoms with Crippen LogP contribution in [0.15, 0.2) is 36.4 Å². The molecule has 2 rings (SSSR count). The second kappa shape index (κ2) is 5.40. The predicted molar refractivity (Wildman–Crippen MR) is 75.0 cm³/mol. The molecule has 0 aromatic heterocycles. The van der Waals surface area contributed by atoms with Crippen LogP contribution < -0.4 is 4.74 Å². The van der Waals surface area contributed by atoms with Crippen LogP contribution in [0.4, 0.5) is 0 Å². The molecule has 0 fully saturated rings. The van der Waals surface area contributed by atoms with E-state index in [1.807, 2.05) is 57.2 Å². The van der Waals surface area contributed by atoms with Gasteiger partial charge in [-0.2, -0.15) is 0 Å². The van der Waals surface area contributed by atoms with Crippen molar-refractivity contribution in [2.24, 2.45) is 0 Å². The number of aliphatic hydroxyl groups excluding tert-OH is 1. The Balaban J connectivity index is 2.58. The summed E-state index contributed by atoms with van der Waals surface area (Å²) in [7, 11) is 0. The monoisotopic (exact) mass is 244 g/mol. The predicted octanol–water partition coefficient (Wildman–Crippen LogP) is 4.07. The summed E-state index contributed by atoms with van der Waals surface area (Å²) in [6, 6.07) is 12.0. The van der Waals surface area contributed by atoms with Gasteiger partial charge < -0.3 is 9.84 Å². The summed E-state index contributed by atoms with van der Waals surface area (Å²) in [5.74, 6) is 0.882. The first kappa shape index (κ1) is 12.9. The molecule has 0 radical (unpaired) electrons. The molecule has 2 nitrogen and oxygen atoms in total. The van der Waals surface area contributed by atoms with Gasteiger partial charge >= 0.3 is 0 Å². The van der Waals surface area contributed by atoms with Crippen LogP contribution in [0.3, 0.4) is 0 Å². The van der Waals surface area contributed by atoms with Crippen molar-refractivity contribution in [3.63, 3.8) is 0 Å². The Bertz CT molecular complexity index is 532. The van der Waals surface area contributed by atoms with Crippen molar-refractivity contribution in [2.75, 3.05) is 0 Å². The van der Waals surface area contributed by atoms with Crippen LogP contribution in [0.5, 0.6) is 5.75 Å². The number of hydrogen-bond acceptors (Lipinski definition) is 2. The lowest BCUT2D eigenvalue weighted by atomic mass is 9.98. The highest BCUT2D eigenvalue weighted by Gasteiger charge is 2.12. The summed E-state index contributed by atoms with van der Waals surface area (Å²) >= 11 is 0. The third kappa shape index (κ3) is 2.49. The molecule has 0 amide bonds. The number of aliphatic hydroxyl groups is 1. The lowest BCUT2D eigenvalue weighted by Crippen LogP contribution is -2.06. The molecular weight excluding hydrogens is 224 g/mol. The summed E-state index contributed by atoms with van der Waals surface area (Å²) in [6.45, 7) is 6.02. The van der Waals surface area contributed by atoms with Crippen LogP contribution in [-0.2, 0) is 0 Å². The van der Waals surface area contributed by atoms with E-state index in [0.717, 1.165) is 22.1 Å². The standard InChI is InChI=1S/C16H20O2/c1-4-15(17)13-9-10-16(18-11(2)3)14-8-6-5-7-12(13)14/h5-11,15,17H,4H2,1-3H3. The van der Waals surface area contributed by atoms with Gasteiger partial charge in [-0.25, -0.2) is 0 Å². The SMILES string of the molecule is CCC(O)c1ccc(OC(C)C)c2ccccc12. The average molecular weight is 244 g/mol. The highest BCUT2D eigenvalue weighted by atomic mass is 16.5. The number of hydrogen-bond donors (Lipinski definition) is 1. The molecule has 96 valence electrons. The Morgan fingerprint density at radius 2 is 1.72 bits per heavy atom. The normalized spacial score (nSPS) is 12.9. The molecule has 0 saturated carbocycles. The van der Waals surface area contributed by atoms with E-state index < -0.39 is 6.10 Å². The largest absolute Gasteiger partial charge is 0.490 e. The smallest absolute Gasteiger partial charge is 0.127 e. The molecule has 2 aromatic rings. The Morgan fingerprint density at radius 1 is 1.06 bits per heavy atom. The van der Waals surface area contributed by atoms with E-state index in [0.29, 0.717) is 6.42 Å². The van der Waals surface area contributed by atoms with Crippen molar-refractivity contribution in [3.05, 3.63) is 42.0 Å². The zero-order valence-electron chi connectivity index (χ0n) is 11.2. The number of benzene rings is 2. The van der Waals surface area contributed by atoms with Gasteiger partial charge in [-0.05, 0) is 37.3 Å². The Labute approximate surface area is 108 Å². The molecule has 0 saturated heterocycles. The maximum Gasteiger partial charge on any atom is 0.127 e. The molecule has 18 heavy (non-hydrogen) atoms. The molecule has 0 spiro atoms. The average Bonchev–Trinajstić information content (AvgIpc) is 2.38. The van der Waals surface area contributed by atoms with Crippen LogP contribution in [0.25, 0.3) is 10.8 Å². The van der Waals surface area contributed by atoms with Gasteiger partial charge in [0.2, 0.25) is 0 Å². The van der Waals surface area contributed by atoms with Gasteiger partial charge in [-0.1, -0.05) is 37.3 Å². The van der Waals surface area contributed by atoms with E-state index in [1.165, 1.54) is 0 Å². The second-order valence-electron chi connectivity index (χ2n) is 4.79. The van der Waals surface area contributed by atoms with Gasteiger partial charge in [0.25, 0.3) is 0 Å². The minimum Gasteiger partial charge on any atom is -0.490 e. The van der Waals surface area contributed by atoms with Gasteiger partial charge in [0.15, 0.2) is 0 Å². The van der Waals surface area contributed by atoms with E-state index in [9.17, 15) is 5.11 Å². The van der Waals surface area contributed by atoms with E-state index in [1.54, 1.807) is 0 Å². The molecule has 1 N–H and O–H groups in total. The fraction of sp³-hybridized carbons (Fsp3) is 0.375. The first-order valence-electron chi connectivity index (χ1n) is 6.49. The van der Waals surface area contributed by atoms with E-state index in [2.05, 4.69) is 0 Å². The van der Waals surface area contributed by atoms with Crippen molar-refractivity contribution in [3.8, 4) is 5.75 Å². The molecule has 0 aliphatic heterocycles. The van der Waals surface area contributed by atoms with Crippen LogP contribution in [-0.4, -0.2) is 11.2 Å². The molecule has 2 aromatic carbocycles. The molecule has 1 atom stereocenters. The number of ether oxygens (including phenoxy) is 1. The first-order chi connectivity index (χ1) is 8.63. The third-order valence-electron chi connectivity index (χ3n) is 3.03. The van der Waals surface area contributed by atoms with Crippen LogP contribution >= 0.6 is 0 Å². The molecule has 2 heteroatoms. The van der Waals surface area contributed by atoms with Crippen molar-refractivity contribution in [1.82, 2.24) is 0 Å². The minimum absolute atomic E-state index is 0.148. The number of rotatable bonds is 4. The van der Waals surface area contributed by atoms with Crippen molar-refractivity contribution >= 4 is 10.8 Å². The zero-order chi connectivity index (χ0) is 13.1. The van der Waals surface area contributed by atoms with Gasteiger partial charge in [-0.3, -0.25) is 0 Å². The van der Waals surface area contributed by atoms with Gasteiger partial charge in [0.1, 0.15) is 5.75 Å². The number of fused-ring (bicyclic) bond motifs is 1. The quantitative estimate of drug-likeness (QED) is 0.878. The molecule has 1 unspecified atom stereocenters. The van der Waals surface area contributed by atoms with Gasteiger partial charge in [0, 0.05) is 5.39 Å². The second-order valence-corrected chi connectivity index (χ2v) is 4.79. The van der Waals surface area contributed by atoms with Gasteiger partial charge in [-0.15, -0.1) is 0 Å². The van der Waals surface area contributed by atoms with Crippen molar-refractivity contribution < 1.29 is 9.84 Å². The lowest BCUT2D eigenvalue weighted by molar-refractivity contribution is 0.175. The third-order valence-corrected chi connectivity index (χ3v) is 3.03. The molecule has 0 bridgehead atoms. The summed E-state index contributed by atoms with van der Waals surface area (Å²) in [4.78, 5) is 0. The lowest BCUT2D eigenvalue weighted by Gasteiger charge is -2.16. The molecular formula is C16H20O2. The highest BCUT2D eigenvalue weighted by Crippen LogP contribution is 2.33. The van der Waals surface area contributed by atoms with Crippen LogP contribution in [0.2, 0.25) is 0 Å². The van der Waals surface area contributed by atoms with E-state index >= 15 is 0 Å². The Morgan fingerprint density at radius 3 is 2.33 bits per heavy atom. The van der Waals surface area contributed by atoms with Gasteiger partial charge in [0.05, 0.1) is 12.2 Å². The Kier molecular flexibility index (Phi) is 3.87.